The summed E-state index contributed by atoms with van der Waals surface area (Å²) in [5.74, 6) is -0.914. The van der Waals surface area contributed by atoms with Gasteiger partial charge in [-0.1, -0.05) is 210 Å². The summed E-state index contributed by atoms with van der Waals surface area (Å²) in [7, 11) is -4.40. The molecule has 60 heavy (non-hydrogen) atoms. The third kappa shape index (κ3) is 44.0. The molecule has 0 heterocycles. The largest absolute Gasteiger partial charge is 0.472 e. The lowest BCUT2D eigenvalue weighted by Crippen LogP contribution is -2.29. The second kappa shape index (κ2) is 45.0. The van der Waals surface area contributed by atoms with Crippen molar-refractivity contribution in [2.24, 2.45) is 5.73 Å². The molecule has 0 saturated carbocycles. The normalized spacial score (nSPS) is 14.2. The first-order valence-corrected chi connectivity index (χ1v) is 25.7. The summed E-state index contributed by atoms with van der Waals surface area (Å²) < 4.78 is 32.8. The standard InChI is InChI=1S/C49H90NO9P/c1-3-5-7-8-9-10-11-12-13-14-15-16-17-18-19-20-23-27-30-33-37-41-49(53)59-47(45-58-60(54,55)57-43-42-50)44-56-48(52)40-36-32-29-26-24-21-22-25-28-31-35-39-46(51)38-34-6-4-2/h21-22,26,28-29,31,35,39,46-47,51H,3-20,23-25,27,30,32-34,36-38,40-45,50H2,1-2H3,(H,54,55)/b22-21-,29-26-,31-28-,39-35+/t46-,47-/m1/s1. The van der Waals surface area contributed by atoms with Crippen LogP contribution in [0.4, 0.5) is 0 Å². The fourth-order valence-electron chi connectivity index (χ4n) is 6.68. The van der Waals surface area contributed by atoms with Gasteiger partial charge in [0.15, 0.2) is 6.10 Å². The molecule has 0 fully saturated rings. The quantitative estimate of drug-likeness (QED) is 0.0177. The highest BCUT2D eigenvalue weighted by atomic mass is 31.2. The lowest BCUT2D eigenvalue weighted by Gasteiger charge is -2.19. The van der Waals surface area contributed by atoms with E-state index in [1.165, 1.54) is 109 Å². The molecule has 0 spiro atoms. The zero-order valence-electron chi connectivity index (χ0n) is 38.3. The van der Waals surface area contributed by atoms with Crippen LogP contribution < -0.4 is 5.73 Å². The van der Waals surface area contributed by atoms with Gasteiger partial charge in [0, 0.05) is 19.4 Å². The van der Waals surface area contributed by atoms with Gasteiger partial charge in [-0.2, -0.15) is 0 Å². The Kier molecular flexibility index (Phi) is 43.4. The zero-order valence-corrected chi connectivity index (χ0v) is 39.2. The van der Waals surface area contributed by atoms with Gasteiger partial charge in [0.05, 0.1) is 19.3 Å². The van der Waals surface area contributed by atoms with Crippen LogP contribution in [-0.4, -0.2) is 60.5 Å². The van der Waals surface area contributed by atoms with Crippen LogP contribution in [0.25, 0.3) is 0 Å². The molecule has 0 radical (unpaired) electrons. The lowest BCUT2D eigenvalue weighted by molar-refractivity contribution is -0.161. The molecule has 0 aliphatic heterocycles. The summed E-state index contributed by atoms with van der Waals surface area (Å²) in [4.78, 5) is 35.0. The molecule has 350 valence electrons. The Bertz CT molecular complexity index is 1140. The van der Waals surface area contributed by atoms with Crippen molar-refractivity contribution in [1.82, 2.24) is 0 Å². The molecule has 1 unspecified atom stereocenters. The Morgan fingerprint density at radius 3 is 1.62 bits per heavy atom. The van der Waals surface area contributed by atoms with Gasteiger partial charge in [-0.15, -0.1) is 0 Å². The predicted molar refractivity (Wildman–Crippen MR) is 249 cm³/mol. The Hall–Kier alpha value is -2.07. The van der Waals surface area contributed by atoms with E-state index in [-0.39, 0.29) is 38.7 Å². The monoisotopic (exact) mass is 868 g/mol. The molecule has 10 nitrogen and oxygen atoms in total. The number of nitrogens with two attached hydrogens (primary N) is 1. The minimum atomic E-state index is -4.40. The molecular formula is C49H90NO9P. The number of aliphatic hydroxyl groups is 1. The van der Waals surface area contributed by atoms with Gasteiger partial charge in [-0.05, 0) is 38.5 Å². The molecule has 0 aromatic heterocycles. The number of esters is 2. The van der Waals surface area contributed by atoms with Crippen LogP contribution in [-0.2, 0) is 32.7 Å². The Morgan fingerprint density at radius 1 is 0.583 bits per heavy atom. The molecular weight excluding hydrogens is 778 g/mol. The van der Waals surface area contributed by atoms with E-state index < -0.39 is 32.5 Å². The summed E-state index contributed by atoms with van der Waals surface area (Å²) >= 11 is 0. The van der Waals surface area contributed by atoms with Crippen molar-refractivity contribution in [2.75, 3.05) is 26.4 Å². The van der Waals surface area contributed by atoms with Crippen molar-refractivity contribution >= 4 is 19.8 Å². The second-order valence-corrected chi connectivity index (χ2v) is 17.6. The van der Waals surface area contributed by atoms with Crippen molar-refractivity contribution in [3.63, 3.8) is 0 Å². The van der Waals surface area contributed by atoms with Crippen LogP contribution in [0, 0.1) is 0 Å². The smallest absolute Gasteiger partial charge is 0.462 e. The minimum Gasteiger partial charge on any atom is -0.462 e. The number of phosphoric ester groups is 1. The van der Waals surface area contributed by atoms with E-state index in [4.69, 9.17) is 24.3 Å². The topological polar surface area (TPSA) is 155 Å². The second-order valence-electron chi connectivity index (χ2n) is 16.2. The van der Waals surface area contributed by atoms with Gasteiger partial charge in [-0.25, -0.2) is 4.57 Å². The number of aliphatic hydroxyl groups excluding tert-OH is 1. The third-order valence-corrected chi connectivity index (χ3v) is 11.3. The van der Waals surface area contributed by atoms with Gasteiger partial charge in [-0.3, -0.25) is 18.6 Å². The predicted octanol–water partition coefficient (Wildman–Crippen LogP) is 13.3. The molecule has 0 aromatic rings. The first kappa shape index (κ1) is 57.9. The van der Waals surface area contributed by atoms with Crippen LogP contribution >= 0.6 is 7.82 Å². The maximum atomic E-state index is 12.6. The molecule has 0 rings (SSSR count). The van der Waals surface area contributed by atoms with Gasteiger partial charge in [0.25, 0.3) is 0 Å². The Balaban J connectivity index is 4.17. The summed E-state index contributed by atoms with van der Waals surface area (Å²) in [6, 6.07) is 0. The number of carbonyl (C=O) groups excluding carboxylic acids is 2. The number of carbonyl (C=O) groups is 2. The van der Waals surface area contributed by atoms with E-state index in [0.717, 1.165) is 57.8 Å². The Morgan fingerprint density at radius 2 is 1.07 bits per heavy atom. The molecule has 0 saturated heterocycles. The van der Waals surface area contributed by atoms with Gasteiger partial charge < -0.3 is 25.2 Å². The third-order valence-electron chi connectivity index (χ3n) is 10.3. The molecule has 0 amide bonds. The van der Waals surface area contributed by atoms with Crippen molar-refractivity contribution in [3.8, 4) is 0 Å². The van der Waals surface area contributed by atoms with Crippen LogP contribution in [0.15, 0.2) is 48.6 Å². The fourth-order valence-corrected chi connectivity index (χ4v) is 7.45. The lowest BCUT2D eigenvalue weighted by atomic mass is 10.0. The average molecular weight is 868 g/mol. The number of ether oxygens (including phenoxy) is 2. The van der Waals surface area contributed by atoms with E-state index in [1.54, 1.807) is 0 Å². The van der Waals surface area contributed by atoms with Crippen molar-refractivity contribution in [1.29, 1.82) is 0 Å². The highest BCUT2D eigenvalue weighted by molar-refractivity contribution is 7.47. The fraction of sp³-hybridized carbons (Fsp3) is 0.796. The zero-order chi connectivity index (χ0) is 44.0. The maximum absolute atomic E-state index is 12.6. The maximum Gasteiger partial charge on any atom is 0.472 e. The van der Waals surface area contributed by atoms with Crippen LogP contribution in [0.5, 0.6) is 0 Å². The highest BCUT2D eigenvalue weighted by Crippen LogP contribution is 2.43. The number of allylic oxidation sites excluding steroid dienone is 7. The summed E-state index contributed by atoms with van der Waals surface area (Å²) in [6.45, 7) is 3.56. The SMILES string of the molecule is CCCCCCCCCCCCCCCCCCCCCCCC(=O)O[C@H](COC(=O)CCC/C=C\C/C=C\C/C=C\C=C\[C@H](O)CCCCC)COP(=O)(O)OCCN. The highest BCUT2D eigenvalue weighted by Gasteiger charge is 2.26. The number of hydrogen-bond donors (Lipinski definition) is 3. The molecule has 0 aromatic carbocycles. The Labute approximate surface area is 367 Å². The van der Waals surface area contributed by atoms with Gasteiger partial charge >= 0.3 is 19.8 Å². The molecule has 0 aliphatic rings. The van der Waals surface area contributed by atoms with Gasteiger partial charge in [0.2, 0.25) is 0 Å². The van der Waals surface area contributed by atoms with E-state index in [9.17, 15) is 24.2 Å². The van der Waals surface area contributed by atoms with Crippen molar-refractivity contribution in [2.45, 2.75) is 225 Å². The molecule has 4 N–H and O–H groups in total. The van der Waals surface area contributed by atoms with E-state index >= 15 is 0 Å². The number of unbranched alkanes of at least 4 members (excludes halogenated alkanes) is 23. The average Bonchev–Trinajstić information content (AvgIpc) is 3.23. The van der Waals surface area contributed by atoms with E-state index in [2.05, 4.69) is 26.0 Å². The van der Waals surface area contributed by atoms with Gasteiger partial charge in [0.1, 0.15) is 6.61 Å². The van der Waals surface area contributed by atoms with Crippen LogP contribution in [0.3, 0.4) is 0 Å². The summed E-state index contributed by atoms with van der Waals surface area (Å²) in [5, 5.41) is 9.90. The first-order chi connectivity index (χ1) is 29.2. The molecule has 0 aliphatic carbocycles. The summed E-state index contributed by atoms with van der Waals surface area (Å²) in [5.41, 5.74) is 5.35. The van der Waals surface area contributed by atoms with Crippen molar-refractivity contribution < 1.29 is 42.7 Å². The van der Waals surface area contributed by atoms with E-state index in [1.807, 2.05) is 36.5 Å². The number of rotatable bonds is 45. The van der Waals surface area contributed by atoms with E-state index in [0.29, 0.717) is 19.3 Å². The summed E-state index contributed by atoms with van der Waals surface area (Å²) in [6.07, 6.45) is 49.1. The minimum absolute atomic E-state index is 0.0391. The molecule has 11 heteroatoms. The van der Waals surface area contributed by atoms with Crippen molar-refractivity contribution in [3.05, 3.63) is 48.6 Å². The molecule has 3 atom stereocenters. The van der Waals surface area contributed by atoms with Crippen LogP contribution in [0.2, 0.25) is 0 Å². The number of phosphoric acid groups is 1. The van der Waals surface area contributed by atoms with Crippen LogP contribution in [0.1, 0.15) is 213 Å². The first-order valence-electron chi connectivity index (χ1n) is 24.2. The number of hydrogen-bond acceptors (Lipinski definition) is 9. The molecule has 0 bridgehead atoms.